The summed E-state index contributed by atoms with van der Waals surface area (Å²) >= 11 is 0. The van der Waals surface area contributed by atoms with E-state index < -0.39 is 10.4 Å². The molecule has 8 heavy (non-hydrogen) atoms. The Bertz CT molecular complexity index is 97.2. The van der Waals surface area contributed by atoms with Crippen molar-refractivity contribution in [3.05, 3.63) is 0 Å². The molecular weight excluding hydrogens is 251 g/mol. The van der Waals surface area contributed by atoms with Crippen LogP contribution in [0.25, 0.3) is 0 Å². The SMILES string of the molecule is O=S(=O)(O)O.[MgH2].[Zn].[Zn]. The molecule has 0 saturated heterocycles. The predicted octanol–water partition coefficient (Wildman–Crippen LogP) is -1.57. The van der Waals surface area contributed by atoms with Crippen LogP contribution >= 0.6 is 0 Å². The van der Waals surface area contributed by atoms with Gasteiger partial charge >= 0.3 is 33.5 Å². The molecule has 0 atom stereocenters. The van der Waals surface area contributed by atoms with Crippen molar-refractivity contribution in [2.75, 3.05) is 0 Å². The van der Waals surface area contributed by atoms with Crippen LogP contribution in [-0.4, -0.2) is 40.6 Å². The molecule has 0 amide bonds. The summed E-state index contributed by atoms with van der Waals surface area (Å²) < 4.78 is 31.6. The first-order valence-corrected chi connectivity index (χ1v) is 2.10. The van der Waals surface area contributed by atoms with Gasteiger partial charge in [-0.3, -0.25) is 9.11 Å². The minimum atomic E-state index is -4.67. The third kappa shape index (κ3) is 105. The molecule has 0 rings (SSSR count). The molecule has 0 aliphatic rings. The van der Waals surface area contributed by atoms with Crippen LogP contribution in [0.5, 0.6) is 0 Å². The first kappa shape index (κ1) is 22.5. The first-order valence-electron chi connectivity index (χ1n) is 0.698. The van der Waals surface area contributed by atoms with Crippen LogP contribution in [-0.2, 0) is 49.4 Å². The Hall–Kier alpha value is 1.88. The van der Waals surface area contributed by atoms with Crippen molar-refractivity contribution >= 4 is 33.5 Å². The topological polar surface area (TPSA) is 74.6 Å². The Morgan fingerprint density at radius 1 is 1.00 bits per heavy atom. The van der Waals surface area contributed by atoms with Gasteiger partial charge < -0.3 is 0 Å². The molecule has 0 fully saturated rings. The summed E-state index contributed by atoms with van der Waals surface area (Å²) in [6.45, 7) is 0. The third-order valence-corrected chi connectivity index (χ3v) is 0. The number of hydrogen-bond acceptors (Lipinski definition) is 2. The Kier molecular flexibility index (Phi) is 25.0. The van der Waals surface area contributed by atoms with Gasteiger partial charge in [0.05, 0.1) is 0 Å². The van der Waals surface area contributed by atoms with Gasteiger partial charge in [-0.25, -0.2) is 0 Å². The first-order chi connectivity index (χ1) is 2.00. The average molecular weight is 255 g/mol. The van der Waals surface area contributed by atoms with Crippen molar-refractivity contribution in [3.8, 4) is 0 Å². The summed E-state index contributed by atoms with van der Waals surface area (Å²) in [5.74, 6) is 0. The van der Waals surface area contributed by atoms with Gasteiger partial charge in [-0.05, 0) is 0 Å². The maximum Gasteiger partial charge on any atom is 0.394 e. The molecule has 0 aromatic rings. The fourth-order valence-electron chi connectivity index (χ4n) is 0. The fourth-order valence-corrected chi connectivity index (χ4v) is 0. The van der Waals surface area contributed by atoms with Crippen LogP contribution < -0.4 is 0 Å². The molecule has 0 bridgehead atoms. The molecule has 0 radical (unpaired) electrons. The Morgan fingerprint density at radius 3 is 1.00 bits per heavy atom. The van der Waals surface area contributed by atoms with Crippen LogP contribution in [0.4, 0.5) is 0 Å². The van der Waals surface area contributed by atoms with Crippen molar-refractivity contribution in [2.45, 2.75) is 0 Å². The van der Waals surface area contributed by atoms with E-state index in [0.29, 0.717) is 0 Å². The normalized spacial score (nSPS) is 7.25. The van der Waals surface area contributed by atoms with E-state index in [1.165, 1.54) is 0 Å². The van der Waals surface area contributed by atoms with Crippen molar-refractivity contribution in [2.24, 2.45) is 0 Å². The van der Waals surface area contributed by atoms with Gasteiger partial charge in [-0.2, -0.15) is 8.42 Å². The van der Waals surface area contributed by atoms with Crippen LogP contribution in [0.15, 0.2) is 0 Å². The smallest absolute Gasteiger partial charge is 0.264 e. The Labute approximate surface area is 89.0 Å². The van der Waals surface area contributed by atoms with Crippen LogP contribution in [0.2, 0.25) is 0 Å². The van der Waals surface area contributed by atoms with Gasteiger partial charge in [0.2, 0.25) is 0 Å². The minimum Gasteiger partial charge on any atom is -0.264 e. The molecule has 2 N–H and O–H groups in total. The molecule has 4 nitrogen and oxygen atoms in total. The molecule has 0 aromatic carbocycles. The van der Waals surface area contributed by atoms with E-state index in [9.17, 15) is 0 Å². The average Bonchev–Trinajstić information content (AvgIpc) is 0.722. The third-order valence-electron chi connectivity index (χ3n) is 0. The predicted molar refractivity (Wildman–Crippen MR) is 22.7 cm³/mol. The second kappa shape index (κ2) is 8.88. The molecule has 0 saturated carbocycles. The van der Waals surface area contributed by atoms with E-state index in [-0.39, 0.29) is 62.0 Å². The van der Waals surface area contributed by atoms with Crippen molar-refractivity contribution in [1.82, 2.24) is 0 Å². The summed E-state index contributed by atoms with van der Waals surface area (Å²) in [7, 11) is -4.67. The molecule has 0 spiro atoms. The Balaban J connectivity index is -0.0000000267. The summed E-state index contributed by atoms with van der Waals surface area (Å²) in [4.78, 5) is 0. The summed E-state index contributed by atoms with van der Waals surface area (Å²) in [6, 6.07) is 0. The molecule has 40 valence electrons. The fraction of sp³-hybridized carbons (Fsp3) is 0. The molecular formula is H4MgO4SZn2. The van der Waals surface area contributed by atoms with Crippen LogP contribution in [0.3, 0.4) is 0 Å². The van der Waals surface area contributed by atoms with E-state index in [0.717, 1.165) is 0 Å². The van der Waals surface area contributed by atoms with Gasteiger partial charge in [0.1, 0.15) is 0 Å². The summed E-state index contributed by atoms with van der Waals surface area (Å²) in [5, 5.41) is 0. The number of rotatable bonds is 0. The van der Waals surface area contributed by atoms with Gasteiger partial charge in [0.15, 0.2) is 0 Å². The summed E-state index contributed by atoms with van der Waals surface area (Å²) in [6.07, 6.45) is 0. The monoisotopic (exact) mass is 252 g/mol. The molecule has 0 unspecified atom stereocenters. The van der Waals surface area contributed by atoms with E-state index in [4.69, 9.17) is 17.5 Å². The second-order valence-electron chi connectivity index (χ2n) is 0.448. The quantitative estimate of drug-likeness (QED) is 0.405. The van der Waals surface area contributed by atoms with Crippen molar-refractivity contribution in [3.63, 3.8) is 0 Å². The summed E-state index contributed by atoms with van der Waals surface area (Å²) in [5.41, 5.74) is 0. The van der Waals surface area contributed by atoms with Crippen molar-refractivity contribution < 1.29 is 56.5 Å². The Morgan fingerprint density at radius 2 is 1.00 bits per heavy atom. The van der Waals surface area contributed by atoms with Gasteiger partial charge in [-0.1, -0.05) is 0 Å². The van der Waals surface area contributed by atoms with Gasteiger partial charge in [0, 0.05) is 39.0 Å². The van der Waals surface area contributed by atoms with Crippen LogP contribution in [0.1, 0.15) is 0 Å². The van der Waals surface area contributed by atoms with E-state index >= 15 is 0 Å². The zero-order valence-electron chi connectivity index (χ0n) is 3.53. The molecule has 0 aliphatic carbocycles. The van der Waals surface area contributed by atoms with Gasteiger partial charge in [0.25, 0.3) is 0 Å². The van der Waals surface area contributed by atoms with E-state index in [2.05, 4.69) is 0 Å². The van der Waals surface area contributed by atoms with Crippen molar-refractivity contribution in [1.29, 1.82) is 0 Å². The molecule has 0 heterocycles. The van der Waals surface area contributed by atoms with Gasteiger partial charge in [-0.15, -0.1) is 0 Å². The van der Waals surface area contributed by atoms with E-state index in [1.807, 2.05) is 0 Å². The zero-order valence-corrected chi connectivity index (χ0v) is 10.3. The maximum absolute atomic E-state index is 8.74. The second-order valence-corrected chi connectivity index (χ2v) is 1.34. The molecule has 0 aliphatic heterocycles. The standard InChI is InChI=1S/Mg.H2O4S.2Zn.2H/c;1-5(2,3)4;;;;/h;(H2,1,2,3,4);;;;. The molecule has 8 heteroatoms. The van der Waals surface area contributed by atoms with Crippen LogP contribution in [0, 0.1) is 0 Å². The van der Waals surface area contributed by atoms with E-state index in [1.54, 1.807) is 0 Å². The number of hydrogen-bond donors (Lipinski definition) is 2. The zero-order chi connectivity index (χ0) is 4.50. The maximum atomic E-state index is 8.74. The molecule has 0 aromatic heterocycles. The largest absolute Gasteiger partial charge is 0.394 e. The minimum absolute atomic E-state index is 0.